The number of rotatable bonds is 60. The van der Waals surface area contributed by atoms with Gasteiger partial charge in [0.2, 0.25) is 0 Å². The third kappa shape index (κ3) is 57.2. The Labute approximate surface area is 498 Å². The molecule has 19 heteroatoms. The molecule has 0 aromatic heterocycles. The second-order valence-corrected chi connectivity index (χ2v) is 27.6. The second kappa shape index (κ2) is 53.3. The number of carbonyl (C=O) groups excluding carboxylic acids is 4. The van der Waals surface area contributed by atoms with E-state index in [-0.39, 0.29) is 25.7 Å². The Kier molecular flexibility index (Phi) is 52.0. The van der Waals surface area contributed by atoms with E-state index in [2.05, 4.69) is 55.4 Å². The van der Waals surface area contributed by atoms with Gasteiger partial charge in [0.1, 0.15) is 19.3 Å². The van der Waals surface area contributed by atoms with Crippen molar-refractivity contribution in [2.45, 2.75) is 318 Å². The lowest BCUT2D eigenvalue weighted by Crippen LogP contribution is -2.30. The van der Waals surface area contributed by atoms with Gasteiger partial charge in [-0.15, -0.1) is 0 Å². The topological polar surface area (TPSA) is 237 Å². The van der Waals surface area contributed by atoms with E-state index >= 15 is 0 Å². The fourth-order valence-electron chi connectivity index (χ4n) is 9.25. The minimum atomic E-state index is -4.94. The molecule has 0 aliphatic carbocycles. The molecule has 0 radical (unpaired) electrons. The molecule has 0 rings (SSSR count). The fourth-order valence-corrected chi connectivity index (χ4v) is 10.8. The zero-order chi connectivity index (χ0) is 61.1. The number of esters is 4. The van der Waals surface area contributed by atoms with E-state index < -0.39 is 97.5 Å². The number of aliphatic hydroxyl groups is 1. The molecule has 0 saturated heterocycles. The fraction of sp³-hybridized carbons (Fsp3) is 0.937. The highest BCUT2D eigenvalue weighted by molar-refractivity contribution is 7.47. The smallest absolute Gasteiger partial charge is 0.462 e. The maximum Gasteiger partial charge on any atom is 0.472 e. The van der Waals surface area contributed by atoms with Crippen LogP contribution in [-0.4, -0.2) is 96.7 Å². The first kappa shape index (κ1) is 80.1. The van der Waals surface area contributed by atoms with Crippen LogP contribution < -0.4 is 0 Å². The summed E-state index contributed by atoms with van der Waals surface area (Å²) in [5, 5.41) is 10.5. The zero-order valence-electron chi connectivity index (χ0n) is 53.1. The first-order valence-corrected chi connectivity index (χ1v) is 35.7. The molecule has 0 heterocycles. The van der Waals surface area contributed by atoms with Crippen LogP contribution in [-0.2, 0) is 65.4 Å². The zero-order valence-corrected chi connectivity index (χ0v) is 54.9. The highest BCUT2D eigenvalue weighted by atomic mass is 31.2. The summed E-state index contributed by atoms with van der Waals surface area (Å²) in [5.74, 6) is 0.688. The van der Waals surface area contributed by atoms with E-state index in [1.165, 1.54) is 89.9 Å². The maximum absolute atomic E-state index is 13.0. The molecule has 17 nitrogen and oxygen atoms in total. The molecule has 82 heavy (non-hydrogen) atoms. The molecular weight excluding hydrogens is 1090 g/mol. The van der Waals surface area contributed by atoms with E-state index in [1.807, 2.05) is 0 Å². The first-order chi connectivity index (χ1) is 39.1. The predicted octanol–water partition coefficient (Wildman–Crippen LogP) is 17.0. The largest absolute Gasteiger partial charge is 0.472 e. The minimum Gasteiger partial charge on any atom is -0.462 e. The number of carbonyl (C=O) groups is 4. The Morgan fingerprint density at radius 1 is 0.305 bits per heavy atom. The van der Waals surface area contributed by atoms with Crippen LogP contribution in [0.2, 0.25) is 0 Å². The van der Waals surface area contributed by atoms with Crippen molar-refractivity contribution in [3.8, 4) is 0 Å². The Balaban J connectivity index is 5.24. The van der Waals surface area contributed by atoms with Gasteiger partial charge in [-0.25, -0.2) is 9.13 Å². The van der Waals surface area contributed by atoms with E-state index in [4.69, 9.17) is 37.0 Å². The van der Waals surface area contributed by atoms with Crippen LogP contribution in [0.25, 0.3) is 0 Å². The summed E-state index contributed by atoms with van der Waals surface area (Å²) < 4.78 is 67.9. The molecule has 0 amide bonds. The van der Waals surface area contributed by atoms with Gasteiger partial charge >= 0.3 is 39.5 Å². The number of phosphoric ester groups is 2. The van der Waals surface area contributed by atoms with Crippen LogP contribution >= 0.6 is 15.6 Å². The quantitative estimate of drug-likeness (QED) is 0.0222. The van der Waals surface area contributed by atoms with Crippen molar-refractivity contribution in [2.24, 2.45) is 23.7 Å². The van der Waals surface area contributed by atoms with Gasteiger partial charge in [0.25, 0.3) is 0 Å². The Hall–Kier alpha value is -1.94. The average molecular weight is 1210 g/mol. The number of unbranched alkanes of at least 4 members (excludes halogenated alkanes) is 26. The molecule has 0 aliphatic heterocycles. The molecule has 0 fully saturated rings. The molecule has 3 N–H and O–H groups in total. The molecule has 3 unspecified atom stereocenters. The van der Waals surface area contributed by atoms with Crippen LogP contribution in [0.15, 0.2) is 0 Å². The van der Waals surface area contributed by atoms with Gasteiger partial charge in [-0.2, -0.15) is 0 Å². The Morgan fingerprint density at radius 3 is 0.756 bits per heavy atom. The number of hydrogen-bond acceptors (Lipinski definition) is 15. The minimum absolute atomic E-state index is 0.102. The standard InChI is InChI=1S/C63H122O17P2/c1-53(2)39-31-23-15-11-9-10-12-18-29-37-45-62(67)79-59(50-74-61(66)44-36-28-22-21-26-34-42-56(7)8)52-78-82(71,72)76-48-57(64)47-75-81(69,70)77-51-58(80-63(68)46-38-30-20-14-17-25-33-41-55(5)6)49-73-60(65)43-35-27-19-13-16-24-32-40-54(3)4/h53-59,64H,9-52H2,1-8H3,(H,69,70)(H,71,72)/t57?,58-,59-/m1/s1. The molecule has 0 aliphatic rings. The molecule has 0 saturated carbocycles. The van der Waals surface area contributed by atoms with Crippen LogP contribution in [0.4, 0.5) is 0 Å². The van der Waals surface area contributed by atoms with Gasteiger partial charge in [0.05, 0.1) is 26.4 Å². The van der Waals surface area contributed by atoms with Crippen molar-refractivity contribution in [2.75, 3.05) is 39.6 Å². The SMILES string of the molecule is CC(C)CCCCCCCCCCCCC(=O)O[C@H](COC(=O)CCCCCCCCC(C)C)COP(=O)(O)OCC(O)COP(=O)(O)OC[C@@H](COC(=O)CCCCCCCCCC(C)C)OC(=O)CCCCCCCCCC(C)C. The van der Waals surface area contributed by atoms with Gasteiger partial charge in [0, 0.05) is 25.7 Å². The average Bonchev–Trinajstić information content (AvgIpc) is 3.40. The third-order valence-corrected chi connectivity index (χ3v) is 16.2. The molecule has 486 valence electrons. The highest BCUT2D eigenvalue weighted by Gasteiger charge is 2.30. The molecule has 0 aromatic carbocycles. The number of hydrogen-bond donors (Lipinski definition) is 3. The predicted molar refractivity (Wildman–Crippen MR) is 326 cm³/mol. The van der Waals surface area contributed by atoms with Crippen molar-refractivity contribution in [1.82, 2.24) is 0 Å². The van der Waals surface area contributed by atoms with Crippen LogP contribution in [0.1, 0.15) is 299 Å². The number of phosphoric acid groups is 2. The highest BCUT2D eigenvalue weighted by Crippen LogP contribution is 2.45. The van der Waals surface area contributed by atoms with Crippen molar-refractivity contribution in [1.29, 1.82) is 0 Å². The monoisotopic (exact) mass is 1210 g/mol. The summed E-state index contributed by atoms with van der Waals surface area (Å²) in [7, 11) is -9.89. The molecule has 0 spiro atoms. The van der Waals surface area contributed by atoms with E-state index in [9.17, 15) is 43.2 Å². The van der Waals surface area contributed by atoms with Crippen LogP contribution in [0.5, 0.6) is 0 Å². The Morgan fingerprint density at radius 2 is 0.512 bits per heavy atom. The number of ether oxygens (including phenoxy) is 4. The van der Waals surface area contributed by atoms with Gasteiger partial charge < -0.3 is 33.8 Å². The van der Waals surface area contributed by atoms with Gasteiger partial charge in [-0.3, -0.25) is 37.3 Å². The van der Waals surface area contributed by atoms with Crippen LogP contribution in [0.3, 0.4) is 0 Å². The van der Waals surface area contributed by atoms with Crippen LogP contribution in [0, 0.1) is 23.7 Å². The van der Waals surface area contributed by atoms with Gasteiger partial charge in [-0.05, 0) is 49.4 Å². The molecule has 5 atom stereocenters. The lowest BCUT2D eigenvalue weighted by Gasteiger charge is -2.21. The van der Waals surface area contributed by atoms with E-state index in [0.717, 1.165) is 109 Å². The first-order valence-electron chi connectivity index (χ1n) is 32.7. The molecular formula is C63H122O17P2. The van der Waals surface area contributed by atoms with Gasteiger partial charge in [-0.1, -0.05) is 248 Å². The number of aliphatic hydroxyl groups excluding tert-OH is 1. The summed E-state index contributed by atoms with van der Waals surface area (Å²) in [5.41, 5.74) is 0. The second-order valence-electron chi connectivity index (χ2n) is 24.7. The molecule has 0 bridgehead atoms. The normalized spacial score (nSPS) is 14.5. The third-order valence-electron chi connectivity index (χ3n) is 14.3. The van der Waals surface area contributed by atoms with Crippen molar-refractivity contribution in [3.05, 3.63) is 0 Å². The maximum atomic E-state index is 13.0. The summed E-state index contributed by atoms with van der Waals surface area (Å²) in [6, 6.07) is 0. The summed E-state index contributed by atoms with van der Waals surface area (Å²) in [6.45, 7) is 13.9. The Bertz CT molecular complexity index is 1640. The summed E-state index contributed by atoms with van der Waals surface area (Å²) in [4.78, 5) is 72.1. The van der Waals surface area contributed by atoms with E-state index in [0.29, 0.717) is 43.4 Å². The molecule has 0 aromatic rings. The summed E-state index contributed by atoms with van der Waals surface area (Å²) in [6.07, 6.45) is 32.4. The lowest BCUT2D eigenvalue weighted by molar-refractivity contribution is -0.161. The van der Waals surface area contributed by atoms with Crippen molar-refractivity contribution < 1.29 is 80.2 Å². The lowest BCUT2D eigenvalue weighted by atomic mass is 10.0. The summed E-state index contributed by atoms with van der Waals surface area (Å²) >= 11 is 0. The van der Waals surface area contributed by atoms with Crippen molar-refractivity contribution >= 4 is 39.5 Å². The van der Waals surface area contributed by atoms with Crippen molar-refractivity contribution in [3.63, 3.8) is 0 Å². The van der Waals surface area contributed by atoms with E-state index in [1.54, 1.807) is 0 Å². The van der Waals surface area contributed by atoms with Gasteiger partial charge in [0.15, 0.2) is 12.2 Å².